The summed E-state index contributed by atoms with van der Waals surface area (Å²) in [5, 5.41) is 12.2. The van der Waals surface area contributed by atoms with Gasteiger partial charge in [-0.1, -0.05) is 51.8 Å². The number of halogens is 1. The van der Waals surface area contributed by atoms with E-state index in [4.69, 9.17) is 0 Å². The van der Waals surface area contributed by atoms with Crippen molar-refractivity contribution in [3.05, 3.63) is 63.6 Å². The molecule has 0 aromatic heterocycles. The molecule has 2 rings (SSSR count). The Morgan fingerprint density at radius 1 is 1.17 bits per heavy atom. The average molecular weight is 390 g/mol. The number of hydrogen-bond donors (Lipinski definition) is 2. The van der Waals surface area contributed by atoms with Crippen molar-refractivity contribution in [2.75, 3.05) is 5.32 Å². The molecule has 0 fully saturated rings. The number of carbonyl (C=O) groups excluding carboxylic acids is 1. The van der Waals surface area contributed by atoms with E-state index in [9.17, 15) is 14.7 Å². The van der Waals surface area contributed by atoms with Crippen LogP contribution < -0.4 is 5.32 Å². The zero-order valence-electron chi connectivity index (χ0n) is 13.7. The molecule has 24 heavy (non-hydrogen) atoms. The minimum atomic E-state index is -0.961. The summed E-state index contributed by atoms with van der Waals surface area (Å²) in [6.07, 6.45) is 0.275. The van der Waals surface area contributed by atoms with Gasteiger partial charge in [0.25, 0.3) is 0 Å². The van der Waals surface area contributed by atoms with Crippen LogP contribution in [0.25, 0.3) is 0 Å². The zero-order valence-corrected chi connectivity index (χ0v) is 15.3. The van der Waals surface area contributed by atoms with Crippen LogP contribution >= 0.6 is 15.9 Å². The predicted molar refractivity (Wildman–Crippen MR) is 98.1 cm³/mol. The number of rotatable bonds is 6. The van der Waals surface area contributed by atoms with E-state index < -0.39 is 11.9 Å². The molecule has 0 radical (unpaired) electrons. The fraction of sp³-hybridized carbons (Fsp3) is 0.263. The summed E-state index contributed by atoms with van der Waals surface area (Å²) in [5.41, 5.74) is 3.71. The summed E-state index contributed by atoms with van der Waals surface area (Å²) >= 11 is 3.42. The third-order valence-corrected chi connectivity index (χ3v) is 4.66. The molecule has 1 atom stereocenters. The van der Waals surface area contributed by atoms with Gasteiger partial charge < -0.3 is 10.4 Å². The number of anilines is 1. The van der Waals surface area contributed by atoms with E-state index in [0.29, 0.717) is 12.1 Å². The van der Waals surface area contributed by atoms with Gasteiger partial charge in [-0.3, -0.25) is 9.59 Å². The Morgan fingerprint density at radius 2 is 1.92 bits per heavy atom. The normalized spacial score (nSPS) is 11.8. The number of hydrogen-bond acceptors (Lipinski definition) is 2. The van der Waals surface area contributed by atoms with Gasteiger partial charge in [0.1, 0.15) is 0 Å². The van der Waals surface area contributed by atoms with Gasteiger partial charge in [-0.2, -0.15) is 0 Å². The number of carboxylic acid groups (broad SMARTS) is 1. The molecule has 0 heterocycles. The second-order valence-corrected chi connectivity index (χ2v) is 6.80. The molecule has 0 aliphatic carbocycles. The Balaban J connectivity index is 2.02. The van der Waals surface area contributed by atoms with Crippen molar-refractivity contribution in [3.63, 3.8) is 0 Å². The SMILES string of the molecule is Cc1cccc(C[C@H](CC(=O)Nc2ccc(C)c(Br)c2)C(=O)O)c1. The molecule has 2 aromatic carbocycles. The maximum atomic E-state index is 12.2. The number of amides is 1. The summed E-state index contributed by atoms with van der Waals surface area (Å²) in [7, 11) is 0. The van der Waals surface area contributed by atoms with E-state index in [1.54, 1.807) is 6.07 Å². The number of aliphatic carboxylic acids is 1. The molecule has 0 spiro atoms. The van der Waals surface area contributed by atoms with Crippen LogP contribution in [0.4, 0.5) is 5.69 Å². The van der Waals surface area contributed by atoms with Crippen LogP contribution in [-0.2, 0) is 16.0 Å². The zero-order chi connectivity index (χ0) is 17.7. The highest BCUT2D eigenvalue weighted by Crippen LogP contribution is 2.21. The lowest BCUT2D eigenvalue weighted by Gasteiger charge is -2.13. The first-order chi connectivity index (χ1) is 11.3. The van der Waals surface area contributed by atoms with Crippen LogP contribution in [0.15, 0.2) is 46.9 Å². The van der Waals surface area contributed by atoms with Crippen molar-refractivity contribution in [2.45, 2.75) is 26.7 Å². The summed E-state index contributed by atoms with van der Waals surface area (Å²) in [4.78, 5) is 23.7. The molecule has 0 saturated carbocycles. The Morgan fingerprint density at radius 3 is 2.54 bits per heavy atom. The average Bonchev–Trinajstić information content (AvgIpc) is 2.50. The van der Waals surface area contributed by atoms with Gasteiger partial charge in [0.2, 0.25) is 5.91 Å². The molecule has 2 aromatic rings. The highest BCUT2D eigenvalue weighted by Gasteiger charge is 2.22. The Kier molecular flexibility index (Phi) is 6.15. The maximum absolute atomic E-state index is 12.2. The maximum Gasteiger partial charge on any atom is 0.307 e. The highest BCUT2D eigenvalue weighted by atomic mass is 79.9. The third-order valence-electron chi connectivity index (χ3n) is 3.80. The van der Waals surface area contributed by atoms with Crippen LogP contribution in [0.3, 0.4) is 0 Å². The lowest BCUT2D eigenvalue weighted by molar-refractivity contribution is -0.143. The van der Waals surface area contributed by atoms with Crippen molar-refractivity contribution < 1.29 is 14.7 Å². The van der Waals surface area contributed by atoms with Crippen LogP contribution in [0, 0.1) is 19.8 Å². The Hall–Kier alpha value is -2.14. The summed E-state index contributed by atoms with van der Waals surface area (Å²) in [6, 6.07) is 13.2. The molecular formula is C19H20BrNO3. The van der Waals surface area contributed by atoms with Gasteiger partial charge in [0.05, 0.1) is 5.92 Å². The fourth-order valence-electron chi connectivity index (χ4n) is 2.48. The second-order valence-electron chi connectivity index (χ2n) is 5.94. The molecular weight excluding hydrogens is 370 g/mol. The first-order valence-electron chi connectivity index (χ1n) is 7.69. The smallest absolute Gasteiger partial charge is 0.307 e. The molecule has 4 nitrogen and oxygen atoms in total. The first kappa shape index (κ1) is 18.2. The van der Waals surface area contributed by atoms with Crippen molar-refractivity contribution in [2.24, 2.45) is 5.92 Å². The quantitative estimate of drug-likeness (QED) is 0.771. The van der Waals surface area contributed by atoms with Crippen LogP contribution in [0.5, 0.6) is 0 Å². The number of benzene rings is 2. The van der Waals surface area contributed by atoms with E-state index in [-0.39, 0.29) is 12.3 Å². The largest absolute Gasteiger partial charge is 0.481 e. The topological polar surface area (TPSA) is 66.4 Å². The van der Waals surface area contributed by atoms with Gasteiger partial charge >= 0.3 is 5.97 Å². The monoisotopic (exact) mass is 389 g/mol. The summed E-state index contributed by atoms with van der Waals surface area (Å²) in [5.74, 6) is -2.01. The minimum Gasteiger partial charge on any atom is -0.481 e. The van der Waals surface area contributed by atoms with Crippen LogP contribution in [0.1, 0.15) is 23.1 Å². The van der Waals surface area contributed by atoms with Crippen molar-refractivity contribution in [1.82, 2.24) is 0 Å². The molecule has 5 heteroatoms. The van der Waals surface area contributed by atoms with E-state index in [1.807, 2.05) is 50.2 Å². The lowest BCUT2D eigenvalue weighted by atomic mass is 9.95. The van der Waals surface area contributed by atoms with Crippen molar-refractivity contribution >= 4 is 33.5 Å². The molecule has 2 N–H and O–H groups in total. The van der Waals surface area contributed by atoms with Gasteiger partial charge in [0.15, 0.2) is 0 Å². The van der Waals surface area contributed by atoms with E-state index in [0.717, 1.165) is 21.2 Å². The van der Waals surface area contributed by atoms with Crippen molar-refractivity contribution in [1.29, 1.82) is 0 Å². The highest BCUT2D eigenvalue weighted by molar-refractivity contribution is 9.10. The van der Waals surface area contributed by atoms with Crippen molar-refractivity contribution in [3.8, 4) is 0 Å². The van der Waals surface area contributed by atoms with Gasteiger partial charge in [-0.25, -0.2) is 0 Å². The summed E-state index contributed by atoms with van der Waals surface area (Å²) < 4.78 is 0.898. The number of aryl methyl sites for hydroxylation is 2. The van der Waals surface area contributed by atoms with Crippen LogP contribution in [-0.4, -0.2) is 17.0 Å². The predicted octanol–water partition coefficient (Wildman–Crippen LogP) is 4.34. The first-order valence-corrected chi connectivity index (χ1v) is 8.49. The Bertz CT molecular complexity index is 758. The molecule has 0 aliphatic heterocycles. The minimum absolute atomic E-state index is 0.0607. The molecule has 126 valence electrons. The summed E-state index contributed by atoms with van der Waals surface area (Å²) in [6.45, 7) is 3.92. The number of carbonyl (C=O) groups is 2. The molecule has 1 amide bonds. The second kappa shape index (κ2) is 8.11. The molecule has 0 unspecified atom stereocenters. The standard InChI is InChI=1S/C19H20BrNO3/c1-12-4-3-5-14(8-12)9-15(19(23)24)10-18(22)21-16-7-6-13(2)17(20)11-16/h3-8,11,15H,9-10H2,1-2H3,(H,21,22)(H,23,24)/t15-/m1/s1. The molecule has 0 bridgehead atoms. The number of carboxylic acids is 1. The molecule has 0 aliphatic rings. The third kappa shape index (κ3) is 5.20. The van der Waals surface area contributed by atoms with E-state index in [1.165, 1.54) is 0 Å². The fourth-order valence-corrected chi connectivity index (χ4v) is 2.86. The Labute approximate surface area is 150 Å². The van der Waals surface area contributed by atoms with Gasteiger partial charge in [-0.05, 0) is 43.5 Å². The molecule has 0 saturated heterocycles. The van der Waals surface area contributed by atoms with Crippen LogP contribution in [0.2, 0.25) is 0 Å². The van der Waals surface area contributed by atoms with Gasteiger partial charge in [0, 0.05) is 16.6 Å². The number of nitrogens with one attached hydrogen (secondary N) is 1. The lowest BCUT2D eigenvalue weighted by Crippen LogP contribution is -2.24. The van der Waals surface area contributed by atoms with E-state index >= 15 is 0 Å². The van der Waals surface area contributed by atoms with E-state index in [2.05, 4.69) is 21.2 Å². The van der Waals surface area contributed by atoms with Gasteiger partial charge in [-0.15, -0.1) is 0 Å².